The average Bonchev–Trinajstić information content (AvgIpc) is 2.59. The topological polar surface area (TPSA) is 20.2 Å². The van der Waals surface area contributed by atoms with Gasteiger partial charge in [0.05, 0.1) is 0 Å². The maximum atomic E-state index is 13.8. The number of rotatable bonds is 6. The van der Waals surface area contributed by atoms with Crippen molar-refractivity contribution in [3.8, 4) is 0 Å². The molecule has 1 N–H and O–H groups in total. The summed E-state index contributed by atoms with van der Waals surface area (Å²) in [5, 5.41) is 0.159. The number of hydrogen-bond donors (Lipinski definition) is 1. The molecule has 0 fully saturated rings. The van der Waals surface area contributed by atoms with Gasteiger partial charge in [-0.05, 0) is 0 Å². The van der Waals surface area contributed by atoms with Crippen LogP contribution in [0.15, 0.2) is 54.6 Å². The molecule has 3 aromatic rings. The van der Waals surface area contributed by atoms with Gasteiger partial charge in [-0.3, -0.25) is 0 Å². The van der Waals surface area contributed by atoms with Crippen LogP contribution in [0.5, 0.6) is 0 Å². The summed E-state index contributed by atoms with van der Waals surface area (Å²) in [7, 11) is -1.74. The molecular weight excluding hydrogens is 468 g/mol. The van der Waals surface area contributed by atoms with E-state index in [4.69, 9.17) is 11.2 Å². The molecule has 30 heavy (non-hydrogen) atoms. The van der Waals surface area contributed by atoms with E-state index < -0.39 is 49.7 Å². The molecule has 10 heteroatoms. The Labute approximate surface area is 175 Å². The van der Waals surface area contributed by atoms with Crippen LogP contribution in [0.3, 0.4) is 0 Å². The SMILES string of the molecule is O[PH](Cl)(CCP(c1cc(F)cc(F)c1)c1cc(F)cc(F)c1)c1cc(F)cc(F)c1. The molecule has 0 aromatic heterocycles. The van der Waals surface area contributed by atoms with Crippen LogP contribution < -0.4 is 15.9 Å². The Kier molecular flexibility index (Phi) is 7.09. The summed E-state index contributed by atoms with van der Waals surface area (Å²) >= 11 is 6.22. The standard InChI is InChI=1S/C20H15ClF6OP2/c21-30(28,20-10-16(26)5-17(27)11-20)2-1-29(18-6-12(22)3-13(23)7-18)19-8-14(24)4-15(25)9-19/h3-11,28,30H,1-2H2. The molecule has 0 saturated carbocycles. The Morgan fingerprint density at radius 2 is 0.967 bits per heavy atom. The van der Waals surface area contributed by atoms with Crippen LogP contribution in [0.4, 0.5) is 26.3 Å². The summed E-state index contributed by atoms with van der Waals surface area (Å²) in [6, 6.07) is 7.91. The van der Waals surface area contributed by atoms with E-state index >= 15 is 0 Å². The third-order valence-electron chi connectivity index (χ3n) is 4.29. The van der Waals surface area contributed by atoms with Crippen LogP contribution in [0.1, 0.15) is 0 Å². The molecule has 0 aliphatic carbocycles. The Hall–Kier alpha value is -1.65. The molecule has 0 saturated heterocycles. The van der Waals surface area contributed by atoms with Gasteiger partial charge in [-0.25, -0.2) is 0 Å². The van der Waals surface area contributed by atoms with Crippen molar-refractivity contribution in [3.05, 3.63) is 89.5 Å². The van der Waals surface area contributed by atoms with Crippen LogP contribution >= 0.6 is 26.0 Å². The van der Waals surface area contributed by atoms with Crippen molar-refractivity contribution < 1.29 is 31.2 Å². The number of benzene rings is 3. The first-order valence-electron chi connectivity index (χ1n) is 8.61. The Morgan fingerprint density at radius 1 is 0.633 bits per heavy atom. The number of hydrogen-bond acceptors (Lipinski definition) is 1. The van der Waals surface area contributed by atoms with Crippen molar-refractivity contribution in [1.29, 1.82) is 0 Å². The summed E-state index contributed by atoms with van der Waals surface area (Å²) < 4.78 is 82.1. The molecule has 0 aliphatic heterocycles. The zero-order valence-electron chi connectivity index (χ0n) is 15.2. The van der Waals surface area contributed by atoms with Gasteiger partial charge in [-0.1, -0.05) is 0 Å². The predicted molar refractivity (Wildman–Crippen MR) is 111 cm³/mol. The molecule has 0 amide bonds. The molecular formula is C20H15ClF6OP2. The molecule has 0 spiro atoms. The first kappa shape index (κ1) is 23.0. The van der Waals surface area contributed by atoms with Gasteiger partial charge < -0.3 is 0 Å². The minimum atomic E-state index is -3.89. The van der Waals surface area contributed by atoms with Gasteiger partial charge in [0, 0.05) is 0 Å². The van der Waals surface area contributed by atoms with E-state index in [2.05, 4.69) is 0 Å². The van der Waals surface area contributed by atoms with E-state index in [1.165, 1.54) is 0 Å². The predicted octanol–water partition coefficient (Wildman–Crippen LogP) is 5.09. The Morgan fingerprint density at radius 3 is 1.33 bits per heavy atom. The van der Waals surface area contributed by atoms with E-state index in [-0.39, 0.29) is 28.2 Å². The number of halogens is 7. The van der Waals surface area contributed by atoms with E-state index in [0.717, 1.165) is 36.4 Å². The maximum absolute atomic E-state index is 13.8. The van der Waals surface area contributed by atoms with E-state index in [1.807, 2.05) is 0 Å². The summed E-state index contributed by atoms with van der Waals surface area (Å²) in [5.41, 5.74) is 0. The van der Waals surface area contributed by atoms with Gasteiger partial charge in [-0.2, -0.15) is 0 Å². The molecule has 0 bridgehead atoms. The van der Waals surface area contributed by atoms with Crippen LogP contribution in [-0.4, -0.2) is 17.2 Å². The second kappa shape index (κ2) is 9.23. The zero-order chi connectivity index (χ0) is 22.1. The van der Waals surface area contributed by atoms with Gasteiger partial charge in [0.15, 0.2) is 0 Å². The first-order valence-corrected chi connectivity index (χ1v) is 13.3. The normalized spacial score (nSPS) is 12.4. The summed E-state index contributed by atoms with van der Waals surface area (Å²) in [4.78, 5) is 10.7. The van der Waals surface area contributed by atoms with Crippen LogP contribution in [0.25, 0.3) is 0 Å². The summed E-state index contributed by atoms with van der Waals surface area (Å²) in [6.45, 7) is -3.89. The van der Waals surface area contributed by atoms with Crippen molar-refractivity contribution in [3.63, 3.8) is 0 Å². The van der Waals surface area contributed by atoms with Crippen LogP contribution in [-0.2, 0) is 0 Å². The Bertz CT molecular complexity index is 967. The second-order valence-corrected chi connectivity index (χ2v) is 13.4. The fourth-order valence-corrected chi connectivity index (χ4v) is 9.08. The molecule has 3 rings (SSSR count). The molecule has 0 aliphatic rings. The molecule has 3 aromatic carbocycles. The van der Waals surface area contributed by atoms with Gasteiger partial charge in [0.25, 0.3) is 0 Å². The van der Waals surface area contributed by atoms with Crippen molar-refractivity contribution >= 4 is 41.9 Å². The van der Waals surface area contributed by atoms with Gasteiger partial charge in [-0.15, -0.1) is 0 Å². The molecule has 0 radical (unpaired) electrons. The summed E-state index contributed by atoms with van der Waals surface area (Å²) in [6.07, 6.45) is -0.203. The monoisotopic (exact) mass is 482 g/mol. The van der Waals surface area contributed by atoms with Crippen molar-refractivity contribution in [1.82, 2.24) is 0 Å². The molecule has 0 atom stereocenters. The van der Waals surface area contributed by atoms with Gasteiger partial charge >= 0.3 is 175 Å². The second-order valence-electron chi connectivity index (χ2n) is 6.57. The first-order chi connectivity index (χ1) is 14.0. The Balaban J connectivity index is 1.98. The van der Waals surface area contributed by atoms with Crippen molar-refractivity contribution in [2.75, 3.05) is 12.3 Å². The average molecular weight is 483 g/mol. The van der Waals surface area contributed by atoms with Crippen molar-refractivity contribution in [2.45, 2.75) is 0 Å². The zero-order valence-corrected chi connectivity index (χ0v) is 17.8. The van der Waals surface area contributed by atoms with Crippen LogP contribution in [0.2, 0.25) is 0 Å². The third-order valence-corrected chi connectivity index (χ3v) is 10.5. The minimum absolute atomic E-state index is 0.0223. The van der Waals surface area contributed by atoms with E-state index in [9.17, 15) is 31.2 Å². The molecule has 0 heterocycles. The van der Waals surface area contributed by atoms with E-state index in [1.54, 1.807) is 0 Å². The fraction of sp³-hybridized carbons (Fsp3) is 0.100. The fourth-order valence-electron chi connectivity index (χ4n) is 2.98. The van der Waals surface area contributed by atoms with Crippen molar-refractivity contribution in [2.24, 2.45) is 0 Å². The quantitative estimate of drug-likeness (QED) is 0.383. The molecule has 0 unspecified atom stereocenters. The summed E-state index contributed by atoms with van der Waals surface area (Å²) in [5.74, 6) is -5.34. The van der Waals surface area contributed by atoms with Gasteiger partial charge in [0.2, 0.25) is 0 Å². The molecule has 160 valence electrons. The van der Waals surface area contributed by atoms with Gasteiger partial charge in [0.1, 0.15) is 0 Å². The molecule has 1 nitrogen and oxygen atoms in total. The third kappa shape index (κ3) is 5.73. The van der Waals surface area contributed by atoms with Crippen LogP contribution in [0, 0.1) is 34.9 Å². The van der Waals surface area contributed by atoms with E-state index in [0.29, 0.717) is 18.2 Å².